The highest BCUT2D eigenvalue weighted by atomic mass is 32.2. The van der Waals surface area contributed by atoms with Crippen LogP contribution in [0.3, 0.4) is 0 Å². The largest absolute Gasteiger partial charge is 0.543 e. The molecule has 172 valence electrons. The molecule has 1 saturated heterocycles. The van der Waals surface area contributed by atoms with Crippen LogP contribution >= 0.6 is 23.1 Å². The lowest BCUT2D eigenvalue weighted by Crippen LogP contribution is -2.73. The van der Waals surface area contributed by atoms with Gasteiger partial charge in [0, 0.05) is 16.0 Å². The number of aliphatic carboxylic acids is 1. The van der Waals surface area contributed by atoms with Crippen LogP contribution in [0.4, 0.5) is 5.13 Å². The number of thioether (sulfide) groups is 1. The van der Waals surface area contributed by atoms with Gasteiger partial charge in [-0.05, 0) is 12.2 Å². The van der Waals surface area contributed by atoms with Gasteiger partial charge in [-0.2, -0.15) is 0 Å². The Morgan fingerprint density at radius 3 is 2.75 bits per heavy atom. The Balaban J connectivity index is 1.78. The normalized spacial score (nSPS) is 21.4. The number of nitrogens with zero attached hydrogens (tertiary/aromatic N) is 4. The number of anilines is 1. The average molecular weight is 481 g/mol. The molecule has 3 heterocycles. The number of hydrogen-bond acceptors (Lipinski definition) is 10. The number of amides is 2. The molecule has 0 aliphatic carbocycles. The molecule has 0 aromatic carbocycles. The highest BCUT2D eigenvalue weighted by molar-refractivity contribution is 8.03. The summed E-state index contributed by atoms with van der Waals surface area (Å²) in [6.07, 6.45) is 3.56. The number of nitrogen functional groups attached to an aromatic ring is 1. The van der Waals surface area contributed by atoms with E-state index in [9.17, 15) is 19.5 Å². The Kier molecular flexibility index (Phi) is 6.91. The lowest BCUT2D eigenvalue weighted by Gasteiger charge is -2.50. The first-order chi connectivity index (χ1) is 15.0. The van der Waals surface area contributed by atoms with Crippen molar-refractivity contribution < 1.29 is 28.8 Å². The molecule has 3 rings (SSSR count). The van der Waals surface area contributed by atoms with Gasteiger partial charge in [-0.1, -0.05) is 5.16 Å². The van der Waals surface area contributed by atoms with Crippen molar-refractivity contribution in [2.45, 2.75) is 12.1 Å². The third-order valence-electron chi connectivity index (χ3n) is 4.67. The zero-order chi connectivity index (χ0) is 23.6. The molecule has 1 aromatic heterocycles. The number of likely N-dealkylation sites (N-methyl/N-ethyl adjacent to an activating group) is 1. The number of nitrogens with one attached hydrogen (secondary N) is 1. The molecule has 2 amide bonds. The van der Waals surface area contributed by atoms with E-state index in [-0.39, 0.29) is 22.2 Å². The van der Waals surface area contributed by atoms with Gasteiger partial charge in [-0.25, -0.2) is 4.98 Å². The summed E-state index contributed by atoms with van der Waals surface area (Å²) in [4.78, 5) is 47.7. The van der Waals surface area contributed by atoms with Gasteiger partial charge in [-0.15, -0.1) is 23.1 Å². The first-order valence-electron chi connectivity index (χ1n) is 9.55. The topological polar surface area (TPSA) is 150 Å². The quantitative estimate of drug-likeness (QED) is 0.203. The highest BCUT2D eigenvalue weighted by Gasteiger charge is 2.52. The molecule has 11 nitrogen and oxygen atoms in total. The molecule has 2 aliphatic heterocycles. The second kappa shape index (κ2) is 9.30. The van der Waals surface area contributed by atoms with Gasteiger partial charge in [0.25, 0.3) is 11.8 Å². The number of nitrogens with two attached hydrogens (primary N) is 1. The number of carbonyl (C=O) groups is 3. The molecule has 2 aliphatic rings. The van der Waals surface area contributed by atoms with Gasteiger partial charge in [0.1, 0.15) is 18.8 Å². The van der Waals surface area contributed by atoms with E-state index in [0.29, 0.717) is 21.7 Å². The van der Waals surface area contributed by atoms with Crippen LogP contribution in [0.1, 0.15) is 5.69 Å². The minimum Gasteiger partial charge on any atom is -0.543 e. The number of hydrogen-bond donors (Lipinski definition) is 2. The molecule has 0 saturated carbocycles. The van der Waals surface area contributed by atoms with Crippen LogP contribution in [0.2, 0.25) is 0 Å². The molecule has 0 bridgehead atoms. The van der Waals surface area contributed by atoms with E-state index in [0.717, 1.165) is 11.3 Å². The third kappa shape index (κ3) is 4.95. The molecule has 3 N–H and O–H groups in total. The van der Waals surface area contributed by atoms with Crippen LogP contribution in [0.25, 0.3) is 0 Å². The van der Waals surface area contributed by atoms with E-state index in [2.05, 4.69) is 15.5 Å². The number of aromatic nitrogens is 1. The van der Waals surface area contributed by atoms with Crippen molar-refractivity contribution in [3.05, 3.63) is 33.8 Å². The van der Waals surface area contributed by atoms with Gasteiger partial charge in [0.05, 0.1) is 45.4 Å². The van der Waals surface area contributed by atoms with Crippen molar-refractivity contribution in [3.63, 3.8) is 0 Å². The Morgan fingerprint density at radius 1 is 1.47 bits per heavy atom. The van der Waals surface area contributed by atoms with Crippen molar-refractivity contribution in [2.75, 3.05) is 46.3 Å². The van der Waals surface area contributed by atoms with Gasteiger partial charge in [0.2, 0.25) is 0 Å². The monoisotopic (exact) mass is 480 g/mol. The molecule has 32 heavy (non-hydrogen) atoms. The van der Waals surface area contributed by atoms with Crippen LogP contribution in [-0.4, -0.2) is 90.5 Å². The number of carboxylic acid groups (broad SMARTS) is 1. The first kappa shape index (κ1) is 23.8. The van der Waals surface area contributed by atoms with Crippen molar-refractivity contribution in [1.82, 2.24) is 15.2 Å². The molecular weight excluding hydrogens is 456 g/mol. The Morgan fingerprint density at radius 2 is 2.19 bits per heavy atom. The third-order valence-corrected chi connectivity index (χ3v) is 6.49. The Bertz CT molecular complexity index is 1030. The second-order valence-electron chi connectivity index (χ2n) is 8.11. The van der Waals surface area contributed by atoms with E-state index >= 15 is 0 Å². The zero-order valence-electron chi connectivity index (χ0n) is 18.0. The molecule has 13 heteroatoms. The fraction of sp³-hybridized carbons (Fsp3) is 0.421. The summed E-state index contributed by atoms with van der Waals surface area (Å²) >= 11 is 2.43. The molecule has 0 spiro atoms. The molecule has 0 unspecified atom stereocenters. The summed E-state index contributed by atoms with van der Waals surface area (Å²) in [6, 6.07) is -1.43. The number of quaternary nitrogens is 1. The van der Waals surface area contributed by atoms with Gasteiger partial charge < -0.3 is 35.2 Å². The number of β-lactam (4-membered cyclic amide) rings is 1. The first-order valence-corrected chi connectivity index (χ1v) is 11.4. The maximum Gasteiger partial charge on any atom is 0.276 e. The van der Waals surface area contributed by atoms with Crippen LogP contribution in [0.5, 0.6) is 0 Å². The molecule has 2 atom stereocenters. The Labute approximate surface area is 193 Å². The number of carbonyl (C=O) groups excluding carboxylic acids is 3. The van der Waals surface area contributed by atoms with Crippen LogP contribution < -0.4 is 16.2 Å². The van der Waals surface area contributed by atoms with Gasteiger partial charge in [-0.3, -0.25) is 9.59 Å². The maximum absolute atomic E-state index is 12.8. The summed E-state index contributed by atoms with van der Waals surface area (Å²) in [7, 11) is 7.31. The summed E-state index contributed by atoms with van der Waals surface area (Å²) < 4.78 is 0.671. The van der Waals surface area contributed by atoms with Crippen molar-refractivity contribution in [1.29, 1.82) is 0 Å². The predicted octanol–water partition coefficient (Wildman–Crippen LogP) is -1.26. The number of fused-ring (bicyclic) bond motifs is 1. The SMILES string of the molecule is CO/N=C(/C(=O)N[C@@H]1C(=O)N2C(C(=O)[O-])=C(/C=C/C[N+](C)(C)C)SC[C@H]12)c1csc(N)n1. The van der Waals surface area contributed by atoms with Crippen molar-refractivity contribution >= 4 is 51.7 Å². The van der Waals surface area contributed by atoms with Crippen molar-refractivity contribution in [3.8, 4) is 0 Å². The predicted molar refractivity (Wildman–Crippen MR) is 119 cm³/mol. The van der Waals surface area contributed by atoms with E-state index in [1.807, 2.05) is 27.2 Å². The van der Waals surface area contributed by atoms with Crippen molar-refractivity contribution in [2.24, 2.45) is 5.16 Å². The number of oxime groups is 1. The maximum atomic E-state index is 12.8. The number of carboxylic acids is 1. The van der Waals surface area contributed by atoms with E-state index < -0.39 is 29.9 Å². The van der Waals surface area contributed by atoms with Crippen LogP contribution in [-0.2, 0) is 19.2 Å². The van der Waals surface area contributed by atoms with Crippen LogP contribution in [0, 0.1) is 0 Å². The standard InChI is InChI=1S/C19H24N6O5S2/c1-25(2,3)7-5-6-12-15(18(28)29)24-11(9-31-12)14(17(24)27)22-16(26)13(23-30-4)10-8-32-19(20)21-10/h5-6,8,11,14H,7,9H2,1-4H3,(H3-,20,21,22,26,28,29)/b6-5+,23-13+/t11-,14+/m1/s1. The fourth-order valence-electron chi connectivity index (χ4n) is 3.22. The number of allylic oxidation sites excluding steroid dienone is 1. The highest BCUT2D eigenvalue weighted by Crippen LogP contribution is 2.39. The van der Waals surface area contributed by atoms with Gasteiger partial charge >= 0.3 is 0 Å². The number of thiazole rings is 1. The molecular formula is C19H24N6O5S2. The van der Waals surface area contributed by atoms with Crippen LogP contribution in [0.15, 0.2) is 33.3 Å². The summed E-state index contributed by atoms with van der Waals surface area (Å²) in [6.45, 7) is 0.684. The molecule has 0 radical (unpaired) electrons. The average Bonchev–Trinajstić information content (AvgIpc) is 3.14. The van der Waals surface area contributed by atoms with Gasteiger partial charge in [0.15, 0.2) is 10.8 Å². The zero-order valence-corrected chi connectivity index (χ0v) is 19.7. The van der Waals surface area contributed by atoms with E-state index in [1.54, 1.807) is 11.5 Å². The minimum absolute atomic E-state index is 0.130. The lowest BCUT2D eigenvalue weighted by atomic mass is 9.94. The lowest BCUT2D eigenvalue weighted by molar-refractivity contribution is -0.864. The Hall–Kier alpha value is -2.90. The molecule has 1 aromatic rings. The number of rotatable bonds is 8. The minimum atomic E-state index is -1.44. The molecule has 1 fully saturated rings. The van der Waals surface area contributed by atoms with E-state index in [1.165, 1.54) is 23.8 Å². The summed E-state index contributed by atoms with van der Waals surface area (Å²) in [5, 5.41) is 19.9. The fourth-order valence-corrected chi connectivity index (χ4v) is 4.97. The smallest absolute Gasteiger partial charge is 0.276 e. The van der Waals surface area contributed by atoms with E-state index in [4.69, 9.17) is 10.6 Å². The summed E-state index contributed by atoms with van der Waals surface area (Å²) in [5.41, 5.74) is 5.52. The summed E-state index contributed by atoms with van der Waals surface area (Å²) in [5.74, 6) is -2.23. The second-order valence-corrected chi connectivity index (χ2v) is 10.1.